The lowest BCUT2D eigenvalue weighted by atomic mass is 9.97. The number of carbonyl (C=O) groups is 1. The molecule has 0 saturated carbocycles. The minimum atomic E-state index is -0.143. The first kappa shape index (κ1) is 23.6. The van der Waals surface area contributed by atoms with Gasteiger partial charge in [-0.05, 0) is 68.0 Å². The van der Waals surface area contributed by atoms with Crippen LogP contribution in [-0.2, 0) is 30.8 Å². The van der Waals surface area contributed by atoms with E-state index in [1.54, 1.807) is 15.9 Å². The van der Waals surface area contributed by atoms with Gasteiger partial charge in [0.1, 0.15) is 17.2 Å². The molecular weight excluding hydrogens is 478 g/mol. The minimum Gasteiger partial charge on any atom is -0.489 e. The molecule has 6 nitrogen and oxygen atoms in total. The predicted molar refractivity (Wildman–Crippen MR) is 143 cm³/mol. The first-order chi connectivity index (χ1) is 17.1. The normalized spacial score (nSPS) is 12.9. The van der Waals surface area contributed by atoms with Crippen molar-refractivity contribution in [3.05, 3.63) is 81.0 Å². The fraction of sp³-hybridized carbons (Fsp3) is 0.296. The van der Waals surface area contributed by atoms with Gasteiger partial charge in [-0.2, -0.15) is 0 Å². The number of nitrogens with one attached hydrogen (secondary N) is 1. The van der Waals surface area contributed by atoms with E-state index in [-0.39, 0.29) is 17.2 Å². The van der Waals surface area contributed by atoms with E-state index in [0.29, 0.717) is 24.0 Å². The van der Waals surface area contributed by atoms with Gasteiger partial charge < -0.3 is 10.1 Å². The molecule has 1 aliphatic rings. The van der Waals surface area contributed by atoms with Gasteiger partial charge in [0.15, 0.2) is 5.16 Å². The molecule has 0 fully saturated rings. The molecule has 2 heterocycles. The number of rotatable bonds is 8. The first-order valence-corrected chi connectivity index (χ1v) is 13.7. The first-order valence-electron chi connectivity index (χ1n) is 11.9. The van der Waals surface area contributed by atoms with Gasteiger partial charge in [-0.3, -0.25) is 14.2 Å². The maximum absolute atomic E-state index is 13.2. The number of anilines is 1. The molecule has 2 aromatic heterocycles. The van der Waals surface area contributed by atoms with Gasteiger partial charge in [0.25, 0.3) is 5.56 Å². The molecule has 4 aromatic rings. The average Bonchev–Trinajstić information content (AvgIpc) is 3.26. The zero-order valence-electron chi connectivity index (χ0n) is 19.6. The quantitative estimate of drug-likeness (QED) is 0.247. The number of amides is 1. The van der Waals surface area contributed by atoms with E-state index < -0.39 is 0 Å². The van der Waals surface area contributed by atoms with Crippen LogP contribution in [0, 0.1) is 0 Å². The topological polar surface area (TPSA) is 73.2 Å². The summed E-state index contributed by atoms with van der Waals surface area (Å²) in [7, 11) is 0. The third kappa shape index (κ3) is 5.28. The van der Waals surface area contributed by atoms with Crippen LogP contribution in [-0.4, -0.2) is 21.2 Å². The van der Waals surface area contributed by atoms with Crippen LogP contribution in [0.3, 0.4) is 0 Å². The van der Waals surface area contributed by atoms with Crippen LogP contribution in [0.1, 0.15) is 35.8 Å². The molecule has 5 rings (SSSR count). The minimum absolute atomic E-state index is 0.0194. The van der Waals surface area contributed by atoms with Crippen LogP contribution in [0.25, 0.3) is 10.2 Å². The summed E-state index contributed by atoms with van der Waals surface area (Å²) in [6, 6.07) is 17.3. The second-order valence-electron chi connectivity index (χ2n) is 8.47. The molecule has 1 aliphatic carbocycles. The molecular formula is C27H27N3O3S2. The Morgan fingerprint density at radius 3 is 2.66 bits per heavy atom. The number of aryl methyl sites for hydroxylation is 2. The van der Waals surface area contributed by atoms with Gasteiger partial charge in [-0.1, -0.05) is 42.1 Å². The number of fused-ring (bicyclic) bond motifs is 3. The maximum Gasteiger partial charge on any atom is 0.263 e. The Morgan fingerprint density at radius 1 is 1.11 bits per heavy atom. The molecule has 8 heteroatoms. The Labute approximate surface area is 212 Å². The van der Waals surface area contributed by atoms with Crippen molar-refractivity contribution in [3.63, 3.8) is 0 Å². The van der Waals surface area contributed by atoms with Crippen molar-refractivity contribution in [3.8, 4) is 5.75 Å². The molecule has 0 radical (unpaired) electrons. The van der Waals surface area contributed by atoms with Gasteiger partial charge >= 0.3 is 0 Å². The zero-order chi connectivity index (χ0) is 24.2. The van der Waals surface area contributed by atoms with Gasteiger partial charge in [0.05, 0.1) is 11.1 Å². The summed E-state index contributed by atoms with van der Waals surface area (Å²) in [6.07, 6.45) is 4.29. The van der Waals surface area contributed by atoms with E-state index in [1.165, 1.54) is 28.6 Å². The van der Waals surface area contributed by atoms with Crippen molar-refractivity contribution < 1.29 is 9.53 Å². The van der Waals surface area contributed by atoms with Crippen molar-refractivity contribution in [2.75, 3.05) is 11.1 Å². The maximum atomic E-state index is 13.2. The van der Waals surface area contributed by atoms with Crippen LogP contribution < -0.4 is 15.6 Å². The molecule has 0 spiro atoms. The third-order valence-corrected chi connectivity index (χ3v) is 8.24. The summed E-state index contributed by atoms with van der Waals surface area (Å²) < 4.78 is 7.50. The summed E-state index contributed by atoms with van der Waals surface area (Å²) in [4.78, 5) is 32.7. The molecule has 0 unspecified atom stereocenters. The van der Waals surface area contributed by atoms with Gasteiger partial charge in [0.2, 0.25) is 5.91 Å². The Kier molecular flexibility index (Phi) is 7.20. The fourth-order valence-electron chi connectivity index (χ4n) is 4.31. The Hall–Kier alpha value is -3.10. The van der Waals surface area contributed by atoms with Crippen molar-refractivity contribution in [2.45, 2.75) is 50.9 Å². The number of carbonyl (C=O) groups excluding carboxylic acids is 1. The van der Waals surface area contributed by atoms with Crippen molar-refractivity contribution in [2.24, 2.45) is 0 Å². The second kappa shape index (κ2) is 10.7. The van der Waals surface area contributed by atoms with Crippen molar-refractivity contribution >= 4 is 44.9 Å². The Balaban J connectivity index is 1.22. The third-order valence-electron chi connectivity index (χ3n) is 6.07. The second-order valence-corrected chi connectivity index (χ2v) is 10.5. The smallest absolute Gasteiger partial charge is 0.263 e. The number of ether oxygens (including phenoxy) is 1. The monoisotopic (exact) mass is 505 g/mol. The Bertz CT molecular complexity index is 1400. The molecule has 0 aliphatic heterocycles. The highest BCUT2D eigenvalue weighted by atomic mass is 32.2. The SMILES string of the molecule is CCn1c(SCC(=O)Nc2ccc(OCc3ccccc3)cc2)nc2sc3c(c2c1=O)CCCC3. The van der Waals surface area contributed by atoms with Crippen LogP contribution in [0.4, 0.5) is 5.69 Å². The van der Waals surface area contributed by atoms with Crippen molar-refractivity contribution in [1.29, 1.82) is 0 Å². The van der Waals surface area contributed by atoms with Crippen LogP contribution in [0.15, 0.2) is 64.5 Å². The standard InChI is InChI=1S/C27H27N3O3S2/c1-2-30-26(32)24-21-10-6-7-11-22(21)35-25(24)29-27(30)34-17-23(31)28-19-12-14-20(15-13-19)33-16-18-8-4-3-5-9-18/h3-5,8-9,12-15H,2,6-7,10-11,16-17H2,1H3,(H,28,31). The molecule has 1 N–H and O–H groups in total. The molecule has 0 atom stereocenters. The number of aromatic nitrogens is 2. The molecule has 0 bridgehead atoms. The van der Waals surface area contributed by atoms with E-state index in [1.807, 2.05) is 61.5 Å². The van der Waals surface area contributed by atoms with E-state index in [0.717, 1.165) is 40.8 Å². The molecule has 0 saturated heterocycles. The molecule has 180 valence electrons. The highest BCUT2D eigenvalue weighted by Gasteiger charge is 2.22. The lowest BCUT2D eigenvalue weighted by Crippen LogP contribution is -2.24. The number of thiophene rings is 1. The van der Waals surface area contributed by atoms with Crippen LogP contribution in [0.5, 0.6) is 5.75 Å². The van der Waals surface area contributed by atoms with Crippen LogP contribution in [0.2, 0.25) is 0 Å². The summed E-state index contributed by atoms with van der Waals surface area (Å²) in [6.45, 7) is 2.97. The molecule has 35 heavy (non-hydrogen) atoms. The highest BCUT2D eigenvalue weighted by molar-refractivity contribution is 7.99. The van der Waals surface area contributed by atoms with E-state index in [9.17, 15) is 9.59 Å². The lowest BCUT2D eigenvalue weighted by molar-refractivity contribution is -0.113. The lowest BCUT2D eigenvalue weighted by Gasteiger charge is -2.12. The fourth-order valence-corrected chi connectivity index (χ4v) is 6.48. The van der Waals surface area contributed by atoms with Crippen molar-refractivity contribution in [1.82, 2.24) is 9.55 Å². The average molecular weight is 506 g/mol. The number of benzene rings is 2. The molecule has 2 aromatic carbocycles. The van der Waals surface area contributed by atoms with Gasteiger partial charge in [-0.15, -0.1) is 11.3 Å². The largest absolute Gasteiger partial charge is 0.489 e. The van der Waals surface area contributed by atoms with E-state index >= 15 is 0 Å². The summed E-state index contributed by atoms with van der Waals surface area (Å²) in [5, 5.41) is 4.30. The summed E-state index contributed by atoms with van der Waals surface area (Å²) >= 11 is 2.94. The number of thioether (sulfide) groups is 1. The van der Waals surface area contributed by atoms with Gasteiger partial charge in [0, 0.05) is 17.1 Å². The predicted octanol–water partition coefficient (Wildman–Crippen LogP) is 5.67. The van der Waals surface area contributed by atoms with E-state index in [2.05, 4.69) is 5.32 Å². The van der Waals surface area contributed by atoms with Crippen LogP contribution >= 0.6 is 23.1 Å². The number of hydrogen-bond donors (Lipinski definition) is 1. The zero-order valence-corrected chi connectivity index (χ0v) is 21.2. The van der Waals surface area contributed by atoms with E-state index in [4.69, 9.17) is 9.72 Å². The summed E-state index contributed by atoms with van der Waals surface area (Å²) in [5.41, 5.74) is 3.01. The molecule has 1 amide bonds. The highest BCUT2D eigenvalue weighted by Crippen LogP contribution is 2.34. The number of nitrogens with zero attached hydrogens (tertiary/aromatic N) is 2. The summed E-state index contributed by atoms with van der Waals surface area (Å²) in [5.74, 6) is 0.773. The Morgan fingerprint density at radius 2 is 1.89 bits per heavy atom. The van der Waals surface area contributed by atoms with Gasteiger partial charge in [-0.25, -0.2) is 4.98 Å². The number of hydrogen-bond acceptors (Lipinski definition) is 6.